The Bertz CT molecular complexity index is 508. The van der Waals surface area contributed by atoms with E-state index in [0.29, 0.717) is 10.8 Å². The van der Waals surface area contributed by atoms with Gasteiger partial charge in [0.2, 0.25) is 0 Å². The van der Waals surface area contributed by atoms with Crippen molar-refractivity contribution in [3.8, 4) is 0 Å². The molecule has 0 radical (unpaired) electrons. The van der Waals surface area contributed by atoms with Gasteiger partial charge < -0.3 is 0 Å². The Labute approximate surface area is 124 Å². The molecule has 3 fully saturated rings. The first-order chi connectivity index (χ1) is 9.53. The summed E-state index contributed by atoms with van der Waals surface area (Å²) in [4.78, 5) is 0. The average Bonchev–Trinajstić information content (AvgIpc) is 2.81. The van der Waals surface area contributed by atoms with E-state index in [1.807, 2.05) is 0 Å². The van der Waals surface area contributed by atoms with Crippen LogP contribution in [-0.4, -0.2) is 0 Å². The van der Waals surface area contributed by atoms with E-state index in [4.69, 9.17) is 0 Å². The van der Waals surface area contributed by atoms with Crippen LogP contribution < -0.4 is 0 Å². The van der Waals surface area contributed by atoms with Crippen LogP contribution in [0.15, 0.2) is 36.0 Å². The first-order valence-electron chi connectivity index (χ1n) is 8.62. The van der Waals surface area contributed by atoms with Crippen LogP contribution in [0.1, 0.15) is 58.8 Å². The predicted octanol–water partition coefficient (Wildman–Crippen LogP) is 5.67. The standard InChI is InChI=1S/C20H28/c1-14-8-12-20(3)15(13-14)6-7-16-17-5-4-10-19(17,2)11-9-18(16)20/h8,12-13,16-18H,1,4-7,9-11H2,2-3H3. The monoisotopic (exact) mass is 268 g/mol. The van der Waals surface area contributed by atoms with Crippen molar-refractivity contribution < 1.29 is 0 Å². The molecule has 108 valence electrons. The lowest BCUT2D eigenvalue weighted by molar-refractivity contribution is -0.0150. The lowest BCUT2D eigenvalue weighted by Crippen LogP contribution is -2.48. The normalized spacial score (nSPS) is 50.2. The molecule has 0 aromatic heterocycles. The second-order valence-electron chi connectivity index (χ2n) is 8.36. The van der Waals surface area contributed by atoms with E-state index in [-0.39, 0.29) is 0 Å². The molecule has 0 aromatic carbocycles. The van der Waals surface area contributed by atoms with Gasteiger partial charge in [-0.25, -0.2) is 0 Å². The Morgan fingerprint density at radius 1 is 1.10 bits per heavy atom. The summed E-state index contributed by atoms with van der Waals surface area (Å²) in [7, 11) is 0. The maximum Gasteiger partial charge on any atom is 0.0100 e. The zero-order valence-electron chi connectivity index (χ0n) is 13.1. The molecule has 0 spiro atoms. The third kappa shape index (κ3) is 1.60. The fourth-order valence-corrected chi connectivity index (χ4v) is 6.27. The molecular formula is C20H28. The van der Waals surface area contributed by atoms with Crippen molar-refractivity contribution in [2.45, 2.75) is 58.8 Å². The number of hydrogen-bond donors (Lipinski definition) is 0. The summed E-state index contributed by atoms with van der Waals surface area (Å²) in [6, 6.07) is 0. The lowest BCUT2D eigenvalue weighted by Gasteiger charge is -2.56. The van der Waals surface area contributed by atoms with Crippen LogP contribution in [0.25, 0.3) is 0 Å². The van der Waals surface area contributed by atoms with Gasteiger partial charge in [0.15, 0.2) is 0 Å². The minimum absolute atomic E-state index is 0.341. The van der Waals surface area contributed by atoms with Crippen molar-refractivity contribution in [2.24, 2.45) is 28.6 Å². The van der Waals surface area contributed by atoms with E-state index in [9.17, 15) is 0 Å². The van der Waals surface area contributed by atoms with Gasteiger partial charge in [0, 0.05) is 5.41 Å². The molecule has 4 aliphatic rings. The highest BCUT2D eigenvalue weighted by atomic mass is 14.6. The number of rotatable bonds is 0. The molecule has 0 aliphatic heterocycles. The fraction of sp³-hybridized carbons (Fsp3) is 0.700. The highest BCUT2D eigenvalue weighted by Gasteiger charge is 2.55. The summed E-state index contributed by atoms with van der Waals surface area (Å²) >= 11 is 0. The molecule has 4 aliphatic carbocycles. The second kappa shape index (κ2) is 4.12. The maximum atomic E-state index is 4.14. The molecule has 5 atom stereocenters. The van der Waals surface area contributed by atoms with Crippen molar-refractivity contribution >= 4 is 0 Å². The van der Waals surface area contributed by atoms with Gasteiger partial charge in [-0.05, 0) is 67.3 Å². The molecular weight excluding hydrogens is 240 g/mol. The summed E-state index contributed by atoms with van der Waals surface area (Å²) < 4.78 is 0. The molecule has 4 rings (SSSR count). The number of allylic oxidation sites excluding steroid dienone is 5. The molecule has 0 heteroatoms. The Morgan fingerprint density at radius 2 is 1.95 bits per heavy atom. The first-order valence-corrected chi connectivity index (χ1v) is 8.62. The topological polar surface area (TPSA) is 0 Å². The first kappa shape index (κ1) is 12.9. The number of fused-ring (bicyclic) bond motifs is 5. The lowest BCUT2D eigenvalue weighted by atomic mass is 9.48. The van der Waals surface area contributed by atoms with Crippen LogP contribution in [0.3, 0.4) is 0 Å². The molecule has 0 aromatic rings. The van der Waals surface area contributed by atoms with Crippen LogP contribution in [0.4, 0.5) is 0 Å². The summed E-state index contributed by atoms with van der Waals surface area (Å²) in [5.41, 5.74) is 3.90. The SMILES string of the molecule is C=C1C=CC2(C)C(=C1)CCC1C3CCCC3(C)CCC12. The maximum absolute atomic E-state index is 4.14. The molecule has 0 bridgehead atoms. The van der Waals surface area contributed by atoms with Gasteiger partial charge in [0.05, 0.1) is 0 Å². The minimum Gasteiger partial charge on any atom is -0.0918 e. The van der Waals surface area contributed by atoms with Crippen LogP contribution in [0.2, 0.25) is 0 Å². The van der Waals surface area contributed by atoms with E-state index in [1.54, 1.807) is 5.57 Å². The number of hydrogen-bond acceptors (Lipinski definition) is 0. The van der Waals surface area contributed by atoms with E-state index < -0.39 is 0 Å². The Morgan fingerprint density at radius 3 is 2.80 bits per heavy atom. The third-order valence-electron chi connectivity index (χ3n) is 7.43. The highest BCUT2D eigenvalue weighted by molar-refractivity contribution is 5.43. The van der Waals surface area contributed by atoms with Gasteiger partial charge in [0.1, 0.15) is 0 Å². The third-order valence-corrected chi connectivity index (χ3v) is 7.43. The fourth-order valence-electron chi connectivity index (χ4n) is 6.27. The van der Waals surface area contributed by atoms with E-state index in [0.717, 1.165) is 17.8 Å². The summed E-state index contributed by atoms with van der Waals surface area (Å²) in [6.07, 6.45) is 17.3. The molecule has 0 N–H and O–H groups in total. The Kier molecular flexibility index (Phi) is 2.66. The summed E-state index contributed by atoms with van der Waals surface area (Å²) in [5.74, 6) is 2.88. The van der Waals surface area contributed by atoms with Crippen LogP contribution in [-0.2, 0) is 0 Å². The van der Waals surface area contributed by atoms with Crippen LogP contribution in [0.5, 0.6) is 0 Å². The average molecular weight is 268 g/mol. The zero-order valence-corrected chi connectivity index (χ0v) is 13.1. The molecule has 5 unspecified atom stereocenters. The van der Waals surface area contributed by atoms with Crippen molar-refractivity contribution in [2.75, 3.05) is 0 Å². The molecule has 0 heterocycles. The Balaban J connectivity index is 1.71. The van der Waals surface area contributed by atoms with E-state index in [1.165, 1.54) is 50.5 Å². The second-order valence-corrected chi connectivity index (χ2v) is 8.36. The van der Waals surface area contributed by atoms with Gasteiger partial charge in [0.25, 0.3) is 0 Å². The molecule has 3 saturated carbocycles. The summed E-state index contributed by atoms with van der Waals surface area (Å²) in [5, 5.41) is 0. The zero-order chi connectivity index (χ0) is 14.0. The van der Waals surface area contributed by atoms with Crippen molar-refractivity contribution in [3.63, 3.8) is 0 Å². The van der Waals surface area contributed by atoms with Gasteiger partial charge in [-0.1, -0.05) is 50.6 Å². The quantitative estimate of drug-likeness (QED) is 0.531. The van der Waals surface area contributed by atoms with Crippen molar-refractivity contribution in [3.05, 3.63) is 36.0 Å². The molecule has 0 saturated heterocycles. The van der Waals surface area contributed by atoms with Crippen LogP contribution in [0, 0.1) is 28.6 Å². The van der Waals surface area contributed by atoms with Gasteiger partial charge >= 0.3 is 0 Å². The van der Waals surface area contributed by atoms with Crippen molar-refractivity contribution in [1.82, 2.24) is 0 Å². The van der Waals surface area contributed by atoms with Gasteiger partial charge in [-0.3, -0.25) is 0 Å². The highest BCUT2D eigenvalue weighted by Crippen LogP contribution is 2.64. The predicted molar refractivity (Wildman–Crippen MR) is 85.4 cm³/mol. The Hall–Kier alpha value is -0.780. The molecule has 0 amide bonds. The van der Waals surface area contributed by atoms with E-state index in [2.05, 4.69) is 38.7 Å². The van der Waals surface area contributed by atoms with Crippen LogP contribution >= 0.6 is 0 Å². The minimum atomic E-state index is 0.341. The van der Waals surface area contributed by atoms with Gasteiger partial charge in [-0.2, -0.15) is 0 Å². The van der Waals surface area contributed by atoms with Gasteiger partial charge in [-0.15, -0.1) is 0 Å². The van der Waals surface area contributed by atoms with E-state index >= 15 is 0 Å². The smallest absolute Gasteiger partial charge is 0.0100 e. The van der Waals surface area contributed by atoms with Crippen molar-refractivity contribution in [1.29, 1.82) is 0 Å². The summed E-state index contributed by atoms with van der Waals surface area (Å²) in [6.45, 7) is 9.24. The molecule has 0 nitrogen and oxygen atoms in total. The molecule has 20 heavy (non-hydrogen) atoms. The largest absolute Gasteiger partial charge is 0.0918 e.